The van der Waals surface area contributed by atoms with Gasteiger partial charge < -0.3 is 14.8 Å². The van der Waals surface area contributed by atoms with Crippen LogP contribution in [0.5, 0.6) is 11.5 Å². The van der Waals surface area contributed by atoms with Crippen molar-refractivity contribution in [3.63, 3.8) is 0 Å². The number of hydrogen-bond acceptors (Lipinski definition) is 4. The Morgan fingerprint density at radius 3 is 2.40 bits per heavy atom. The Labute approximate surface area is 155 Å². The second kappa shape index (κ2) is 8.67. The molecule has 0 radical (unpaired) electrons. The van der Waals surface area contributed by atoms with Gasteiger partial charge in [-0.3, -0.25) is 4.79 Å². The largest absolute Gasteiger partial charge is 0.490 e. The SMILES string of the molecule is CCC(=O)Nc1ccc(OC(=O)c2cc(Br)ccc2OC(C)C)cc1. The van der Waals surface area contributed by atoms with E-state index in [1.807, 2.05) is 13.8 Å². The third-order valence-electron chi connectivity index (χ3n) is 3.19. The van der Waals surface area contributed by atoms with Gasteiger partial charge in [0.25, 0.3) is 0 Å². The van der Waals surface area contributed by atoms with Crippen LogP contribution in [-0.4, -0.2) is 18.0 Å². The van der Waals surface area contributed by atoms with Crippen molar-refractivity contribution in [2.75, 3.05) is 5.32 Å². The number of carbonyl (C=O) groups is 2. The molecule has 0 saturated carbocycles. The van der Waals surface area contributed by atoms with Crippen molar-refractivity contribution in [2.45, 2.75) is 33.3 Å². The maximum absolute atomic E-state index is 12.5. The Hall–Kier alpha value is -2.34. The van der Waals surface area contributed by atoms with Gasteiger partial charge in [-0.05, 0) is 56.3 Å². The lowest BCUT2D eigenvalue weighted by Crippen LogP contribution is -2.14. The number of halogens is 1. The predicted molar refractivity (Wildman–Crippen MR) is 100 cm³/mol. The summed E-state index contributed by atoms with van der Waals surface area (Å²) in [4.78, 5) is 23.9. The van der Waals surface area contributed by atoms with E-state index < -0.39 is 5.97 Å². The summed E-state index contributed by atoms with van der Waals surface area (Å²) in [5, 5.41) is 2.74. The summed E-state index contributed by atoms with van der Waals surface area (Å²) >= 11 is 3.35. The summed E-state index contributed by atoms with van der Waals surface area (Å²) in [5.41, 5.74) is 0.990. The van der Waals surface area contributed by atoms with Crippen LogP contribution < -0.4 is 14.8 Å². The van der Waals surface area contributed by atoms with Gasteiger partial charge in [0.05, 0.1) is 6.10 Å². The van der Waals surface area contributed by atoms with Crippen LogP contribution in [-0.2, 0) is 4.79 Å². The molecule has 132 valence electrons. The lowest BCUT2D eigenvalue weighted by atomic mass is 10.2. The van der Waals surface area contributed by atoms with Gasteiger partial charge in [-0.1, -0.05) is 22.9 Å². The average molecular weight is 406 g/mol. The van der Waals surface area contributed by atoms with Gasteiger partial charge in [-0.2, -0.15) is 0 Å². The molecule has 25 heavy (non-hydrogen) atoms. The quantitative estimate of drug-likeness (QED) is 0.553. The summed E-state index contributed by atoms with van der Waals surface area (Å²) in [6.45, 7) is 5.56. The van der Waals surface area contributed by atoms with Crippen LogP contribution in [0.3, 0.4) is 0 Å². The zero-order valence-electron chi connectivity index (χ0n) is 14.3. The highest BCUT2D eigenvalue weighted by molar-refractivity contribution is 9.10. The Morgan fingerprint density at radius 2 is 1.80 bits per heavy atom. The molecule has 5 nitrogen and oxygen atoms in total. The van der Waals surface area contributed by atoms with Crippen molar-refractivity contribution in [2.24, 2.45) is 0 Å². The van der Waals surface area contributed by atoms with Crippen LogP contribution >= 0.6 is 15.9 Å². The molecule has 0 bridgehead atoms. The van der Waals surface area contributed by atoms with Crippen LogP contribution in [0.2, 0.25) is 0 Å². The lowest BCUT2D eigenvalue weighted by Gasteiger charge is -2.14. The van der Waals surface area contributed by atoms with Crippen molar-refractivity contribution in [1.29, 1.82) is 0 Å². The molecule has 2 aromatic carbocycles. The minimum absolute atomic E-state index is 0.0609. The first-order chi connectivity index (χ1) is 11.9. The molecule has 0 unspecified atom stereocenters. The number of nitrogens with one attached hydrogen (secondary N) is 1. The smallest absolute Gasteiger partial charge is 0.347 e. The molecule has 0 aliphatic heterocycles. The van der Waals surface area contributed by atoms with Gasteiger partial charge in [-0.15, -0.1) is 0 Å². The highest BCUT2D eigenvalue weighted by Crippen LogP contribution is 2.26. The van der Waals surface area contributed by atoms with E-state index in [1.54, 1.807) is 49.4 Å². The van der Waals surface area contributed by atoms with E-state index in [2.05, 4.69) is 21.2 Å². The van der Waals surface area contributed by atoms with Crippen molar-refractivity contribution in [3.05, 3.63) is 52.5 Å². The fraction of sp³-hybridized carbons (Fsp3) is 0.263. The Bertz CT molecular complexity index is 757. The van der Waals surface area contributed by atoms with E-state index in [1.165, 1.54) is 0 Å². The third kappa shape index (κ3) is 5.60. The molecule has 0 spiro atoms. The molecule has 0 aliphatic carbocycles. The number of rotatable bonds is 6. The number of ether oxygens (including phenoxy) is 2. The maximum Gasteiger partial charge on any atom is 0.347 e. The van der Waals surface area contributed by atoms with Crippen molar-refractivity contribution < 1.29 is 19.1 Å². The first kappa shape index (κ1) is 19.0. The summed E-state index contributed by atoms with van der Waals surface area (Å²) in [6, 6.07) is 11.8. The van der Waals surface area contributed by atoms with E-state index in [0.717, 1.165) is 4.47 Å². The zero-order valence-corrected chi connectivity index (χ0v) is 15.9. The Morgan fingerprint density at radius 1 is 1.12 bits per heavy atom. The highest BCUT2D eigenvalue weighted by Gasteiger charge is 2.17. The van der Waals surface area contributed by atoms with Gasteiger partial charge in [0.1, 0.15) is 17.1 Å². The van der Waals surface area contributed by atoms with Gasteiger partial charge in [0.2, 0.25) is 5.91 Å². The third-order valence-corrected chi connectivity index (χ3v) is 3.69. The van der Waals surface area contributed by atoms with Gasteiger partial charge in [0.15, 0.2) is 0 Å². The normalized spacial score (nSPS) is 10.4. The molecule has 2 rings (SSSR count). The zero-order chi connectivity index (χ0) is 18.4. The summed E-state index contributed by atoms with van der Waals surface area (Å²) < 4.78 is 11.8. The molecule has 1 amide bonds. The van der Waals surface area contributed by atoms with E-state index in [0.29, 0.717) is 29.2 Å². The molecular weight excluding hydrogens is 386 g/mol. The predicted octanol–water partition coefficient (Wildman–Crippen LogP) is 4.80. The molecule has 0 atom stereocenters. The molecule has 1 N–H and O–H groups in total. The fourth-order valence-corrected chi connectivity index (χ4v) is 2.40. The first-order valence-corrected chi connectivity index (χ1v) is 8.76. The number of amides is 1. The van der Waals surface area contributed by atoms with Gasteiger partial charge in [-0.25, -0.2) is 4.79 Å². The highest BCUT2D eigenvalue weighted by atomic mass is 79.9. The van der Waals surface area contributed by atoms with Crippen LogP contribution in [0.4, 0.5) is 5.69 Å². The monoisotopic (exact) mass is 405 g/mol. The molecule has 0 fully saturated rings. The first-order valence-electron chi connectivity index (χ1n) is 7.97. The van der Waals surface area contributed by atoms with E-state index in [4.69, 9.17) is 9.47 Å². The van der Waals surface area contributed by atoms with Gasteiger partial charge in [0, 0.05) is 16.6 Å². The number of carbonyl (C=O) groups excluding carboxylic acids is 2. The molecule has 0 saturated heterocycles. The Balaban J connectivity index is 2.14. The minimum atomic E-state index is -0.512. The molecule has 6 heteroatoms. The second-order valence-corrected chi connectivity index (χ2v) is 6.54. The van der Waals surface area contributed by atoms with E-state index >= 15 is 0 Å². The van der Waals surface area contributed by atoms with Crippen LogP contribution in [0.15, 0.2) is 46.9 Å². The second-order valence-electron chi connectivity index (χ2n) is 5.62. The van der Waals surface area contributed by atoms with E-state index in [9.17, 15) is 9.59 Å². The number of hydrogen-bond donors (Lipinski definition) is 1. The molecular formula is C19H20BrNO4. The summed E-state index contributed by atoms with van der Waals surface area (Å²) in [5.74, 6) is 0.265. The van der Waals surface area contributed by atoms with Crippen molar-refractivity contribution in [3.8, 4) is 11.5 Å². The maximum atomic E-state index is 12.5. The van der Waals surface area contributed by atoms with Crippen molar-refractivity contribution in [1.82, 2.24) is 0 Å². The van der Waals surface area contributed by atoms with Crippen LogP contribution in [0.1, 0.15) is 37.6 Å². The molecule has 2 aromatic rings. The topological polar surface area (TPSA) is 64.6 Å². The molecule has 0 aliphatic rings. The van der Waals surface area contributed by atoms with Crippen molar-refractivity contribution >= 4 is 33.5 Å². The Kier molecular flexibility index (Phi) is 6.58. The molecule has 0 heterocycles. The fourth-order valence-electron chi connectivity index (χ4n) is 2.04. The number of anilines is 1. The number of esters is 1. The van der Waals surface area contributed by atoms with Crippen LogP contribution in [0.25, 0.3) is 0 Å². The minimum Gasteiger partial charge on any atom is -0.490 e. The van der Waals surface area contributed by atoms with Gasteiger partial charge >= 0.3 is 5.97 Å². The summed E-state index contributed by atoms with van der Waals surface area (Å²) in [6.07, 6.45) is 0.340. The summed E-state index contributed by atoms with van der Waals surface area (Å²) in [7, 11) is 0. The number of benzene rings is 2. The van der Waals surface area contributed by atoms with E-state index in [-0.39, 0.29) is 12.0 Å². The molecule has 0 aromatic heterocycles. The van der Waals surface area contributed by atoms with Crippen LogP contribution in [0, 0.1) is 0 Å². The average Bonchev–Trinajstić information content (AvgIpc) is 2.57. The lowest BCUT2D eigenvalue weighted by molar-refractivity contribution is -0.115. The standard InChI is InChI=1S/C19H20BrNO4/c1-4-18(22)21-14-6-8-15(9-7-14)25-19(23)16-11-13(20)5-10-17(16)24-12(2)3/h5-12H,4H2,1-3H3,(H,21,22).